The van der Waals surface area contributed by atoms with E-state index in [4.69, 9.17) is 4.74 Å². The van der Waals surface area contributed by atoms with Crippen molar-refractivity contribution in [2.24, 2.45) is 0 Å². The van der Waals surface area contributed by atoms with E-state index in [1.165, 1.54) is 4.88 Å². The highest BCUT2D eigenvalue weighted by Gasteiger charge is 2.07. The van der Waals surface area contributed by atoms with Crippen molar-refractivity contribution in [3.05, 3.63) is 32.7 Å². The Morgan fingerprint density at radius 1 is 1.56 bits per heavy atom. The summed E-state index contributed by atoms with van der Waals surface area (Å²) in [6.45, 7) is 4.28. The second-order valence-corrected chi connectivity index (χ2v) is 5.90. The second kappa shape index (κ2) is 6.36. The topological polar surface area (TPSA) is 39.1 Å². The van der Waals surface area contributed by atoms with Crippen LogP contribution in [-0.4, -0.2) is 29.8 Å². The molecule has 0 aromatic carbocycles. The van der Waals surface area contributed by atoms with Gasteiger partial charge in [0.1, 0.15) is 0 Å². The molecule has 1 N–H and O–H groups in total. The normalized spacial score (nSPS) is 10.8. The van der Waals surface area contributed by atoms with Gasteiger partial charge < -0.3 is 14.6 Å². The lowest BCUT2D eigenvalue weighted by molar-refractivity contribution is 0.210. The minimum absolute atomic E-state index is 0.677. The van der Waals surface area contributed by atoms with E-state index in [0.29, 0.717) is 6.61 Å². The Morgan fingerprint density at radius 3 is 3.06 bits per heavy atom. The summed E-state index contributed by atoms with van der Waals surface area (Å²) in [5, 5.41) is 5.38. The monoisotopic (exact) mass is 329 g/mol. The van der Waals surface area contributed by atoms with Gasteiger partial charge in [-0.05, 0) is 28.9 Å². The van der Waals surface area contributed by atoms with Crippen LogP contribution in [0.25, 0.3) is 0 Å². The molecule has 0 saturated heterocycles. The third kappa shape index (κ3) is 3.57. The first-order valence-electron chi connectivity index (χ1n) is 5.68. The van der Waals surface area contributed by atoms with E-state index in [-0.39, 0.29) is 0 Å². The van der Waals surface area contributed by atoms with Crippen molar-refractivity contribution in [2.45, 2.75) is 13.5 Å². The maximum atomic E-state index is 5.03. The van der Waals surface area contributed by atoms with E-state index in [9.17, 15) is 0 Å². The largest absolute Gasteiger partial charge is 0.383 e. The zero-order valence-corrected chi connectivity index (χ0v) is 12.8. The van der Waals surface area contributed by atoms with Crippen molar-refractivity contribution in [3.8, 4) is 0 Å². The highest BCUT2D eigenvalue weighted by atomic mass is 79.9. The first kappa shape index (κ1) is 13.6. The number of aromatic nitrogens is 2. The molecule has 2 heterocycles. The number of halogens is 1. The molecule has 18 heavy (non-hydrogen) atoms. The lowest BCUT2D eigenvalue weighted by Crippen LogP contribution is -2.12. The summed E-state index contributed by atoms with van der Waals surface area (Å²) in [4.78, 5) is 5.77. The molecule has 2 aromatic heterocycles. The number of nitrogens with one attached hydrogen (secondary N) is 1. The van der Waals surface area contributed by atoms with Crippen LogP contribution in [-0.2, 0) is 11.3 Å². The van der Waals surface area contributed by atoms with Gasteiger partial charge in [-0.1, -0.05) is 0 Å². The van der Waals surface area contributed by atoms with Crippen LogP contribution in [0.15, 0.2) is 22.1 Å². The zero-order valence-electron chi connectivity index (χ0n) is 10.4. The van der Waals surface area contributed by atoms with E-state index >= 15 is 0 Å². The molecule has 0 amide bonds. The second-order valence-electron chi connectivity index (χ2n) is 3.98. The number of methoxy groups -OCH3 is 1. The fourth-order valence-corrected chi connectivity index (χ4v) is 3.13. The lowest BCUT2D eigenvalue weighted by atomic mass is 10.4. The molecule has 0 radical (unpaired) electrons. The molecule has 0 unspecified atom stereocenters. The molecule has 2 aromatic rings. The molecule has 98 valence electrons. The molecular weight excluding hydrogens is 314 g/mol. The zero-order chi connectivity index (χ0) is 13.0. The van der Waals surface area contributed by atoms with Gasteiger partial charge in [0, 0.05) is 34.6 Å². The van der Waals surface area contributed by atoms with E-state index in [1.807, 2.05) is 6.92 Å². The quantitative estimate of drug-likeness (QED) is 0.827. The summed E-state index contributed by atoms with van der Waals surface area (Å²) in [5.41, 5.74) is 1.02. The van der Waals surface area contributed by atoms with E-state index in [0.717, 1.165) is 29.2 Å². The lowest BCUT2D eigenvalue weighted by Gasteiger charge is -2.08. The van der Waals surface area contributed by atoms with Crippen LogP contribution in [0.2, 0.25) is 0 Å². The fraction of sp³-hybridized carbons (Fsp3) is 0.417. The summed E-state index contributed by atoms with van der Waals surface area (Å²) in [7, 11) is 1.70. The van der Waals surface area contributed by atoms with Crippen molar-refractivity contribution in [2.75, 3.05) is 25.6 Å². The van der Waals surface area contributed by atoms with Crippen molar-refractivity contribution < 1.29 is 4.74 Å². The Kier molecular flexibility index (Phi) is 4.79. The Hall–Kier alpha value is -0.850. The van der Waals surface area contributed by atoms with E-state index < -0.39 is 0 Å². The van der Waals surface area contributed by atoms with E-state index in [2.05, 4.69) is 48.4 Å². The molecular formula is C12H16BrN3OS. The smallest absolute Gasteiger partial charge is 0.203 e. The average molecular weight is 330 g/mol. The number of aryl methyl sites for hydroxylation is 1. The average Bonchev–Trinajstić information content (AvgIpc) is 2.87. The molecule has 0 aliphatic rings. The van der Waals surface area contributed by atoms with Gasteiger partial charge in [-0.3, -0.25) is 0 Å². The van der Waals surface area contributed by atoms with Gasteiger partial charge in [-0.25, -0.2) is 4.98 Å². The predicted octanol–water partition coefficient (Wildman–Crippen LogP) is 3.12. The van der Waals surface area contributed by atoms with Gasteiger partial charge in [0.05, 0.1) is 18.8 Å². The number of thiophene rings is 1. The minimum Gasteiger partial charge on any atom is -0.383 e. The third-order valence-corrected chi connectivity index (χ3v) is 4.12. The summed E-state index contributed by atoms with van der Waals surface area (Å²) in [6.07, 6.45) is 2.06. The van der Waals surface area contributed by atoms with Crippen LogP contribution < -0.4 is 5.32 Å². The van der Waals surface area contributed by atoms with Gasteiger partial charge in [0.2, 0.25) is 5.95 Å². The summed E-state index contributed by atoms with van der Waals surface area (Å²) in [5.74, 6) is 0.897. The molecule has 6 heteroatoms. The predicted molar refractivity (Wildman–Crippen MR) is 78.5 cm³/mol. The SMILES string of the molecule is COCCNc1nc(C)cn1Cc1cc(Br)cs1. The summed E-state index contributed by atoms with van der Waals surface area (Å²) >= 11 is 5.22. The van der Waals surface area contributed by atoms with Gasteiger partial charge in [0.15, 0.2) is 0 Å². The van der Waals surface area contributed by atoms with Gasteiger partial charge in [0.25, 0.3) is 0 Å². The highest BCUT2D eigenvalue weighted by molar-refractivity contribution is 9.10. The minimum atomic E-state index is 0.677. The summed E-state index contributed by atoms with van der Waals surface area (Å²) in [6, 6.07) is 2.14. The molecule has 0 spiro atoms. The van der Waals surface area contributed by atoms with Crippen LogP contribution in [0, 0.1) is 6.92 Å². The highest BCUT2D eigenvalue weighted by Crippen LogP contribution is 2.22. The number of nitrogens with zero attached hydrogens (tertiary/aromatic N) is 2. The molecule has 0 fully saturated rings. The standard InChI is InChI=1S/C12H16BrN3OS/c1-9-6-16(7-11-5-10(13)8-18-11)12(15-9)14-3-4-17-2/h5-6,8H,3-4,7H2,1-2H3,(H,14,15). The van der Waals surface area contributed by atoms with E-state index in [1.54, 1.807) is 18.4 Å². The Labute approximate surface area is 119 Å². The van der Waals surface area contributed by atoms with Crippen molar-refractivity contribution in [1.82, 2.24) is 9.55 Å². The first-order valence-corrected chi connectivity index (χ1v) is 7.36. The molecule has 0 atom stereocenters. The maximum Gasteiger partial charge on any atom is 0.203 e. The van der Waals surface area contributed by atoms with Crippen molar-refractivity contribution in [1.29, 1.82) is 0 Å². The van der Waals surface area contributed by atoms with Gasteiger partial charge in [-0.15, -0.1) is 11.3 Å². The van der Waals surface area contributed by atoms with Crippen LogP contribution in [0.4, 0.5) is 5.95 Å². The Bertz CT molecular complexity index is 509. The molecule has 4 nitrogen and oxygen atoms in total. The molecule has 2 rings (SSSR count). The van der Waals surface area contributed by atoms with Crippen molar-refractivity contribution >= 4 is 33.2 Å². The number of anilines is 1. The number of rotatable bonds is 6. The third-order valence-electron chi connectivity index (χ3n) is 2.43. The van der Waals surface area contributed by atoms with Crippen LogP contribution >= 0.6 is 27.3 Å². The van der Waals surface area contributed by atoms with Gasteiger partial charge in [-0.2, -0.15) is 0 Å². The number of hydrogen-bond acceptors (Lipinski definition) is 4. The number of hydrogen-bond donors (Lipinski definition) is 1. The fourth-order valence-electron chi connectivity index (χ4n) is 1.68. The van der Waals surface area contributed by atoms with Crippen LogP contribution in [0.3, 0.4) is 0 Å². The van der Waals surface area contributed by atoms with Crippen molar-refractivity contribution in [3.63, 3.8) is 0 Å². The molecule has 0 bridgehead atoms. The van der Waals surface area contributed by atoms with Gasteiger partial charge >= 0.3 is 0 Å². The summed E-state index contributed by atoms with van der Waals surface area (Å²) < 4.78 is 8.29. The maximum absolute atomic E-state index is 5.03. The Morgan fingerprint density at radius 2 is 2.39 bits per heavy atom. The molecule has 0 aliphatic carbocycles. The first-order chi connectivity index (χ1) is 8.69. The van der Waals surface area contributed by atoms with Crippen LogP contribution in [0.5, 0.6) is 0 Å². The van der Waals surface area contributed by atoms with Crippen LogP contribution in [0.1, 0.15) is 10.6 Å². The molecule has 0 saturated carbocycles. The number of imidazole rings is 1. The Balaban J connectivity index is 2.06. The molecule has 0 aliphatic heterocycles. The number of ether oxygens (including phenoxy) is 1.